The topological polar surface area (TPSA) is 53.7 Å². The number of carbonyl (C=O) groups is 1. The maximum absolute atomic E-state index is 13.3. The van der Waals surface area contributed by atoms with Crippen LogP contribution in [0.1, 0.15) is 29.7 Å². The second-order valence-corrected chi connectivity index (χ2v) is 10.9. The van der Waals surface area contributed by atoms with E-state index in [2.05, 4.69) is 9.88 Å². The third kappa shape index (κ3) is 5.11. The minimum Gasteiger partial charge on any atom is -0.334 e. The van der Waals surface area contributed by atoms with E-state index in [1.807, 2.05) is 45.8 Å². The number of benzene rings is 2. The number of carbonyl (C=O) groups excluding carboxylic acids is 1. The van der Waals surface area contributed by atoms with Gasteiger partial charge in [-0.15, -0.1) is 0 Å². The molecule has 1 amide bonds. The van der Waals surface area contributed by atoms with Crippen molar-refractivity contribution in [1.29, 1.82) is 0 Å². The van der Waals surface area contributed by atoms with Gasteiger partial charge in [-0.2, -0.15) is 13.2 Å². The molecule has 202 valence electrons. The zero-order valence-corrected chi connectivity index (χ0v) is 22.2. The smallest absolute Gasteiger partial charge is 0.334 e. The summed E-state index contributed by atoms with van der Waals surface area (Å²) in [6.07, 6.45) is 0.695. The maximum Gasteiger partial charge on any atom is 0.416 e. The van der Waals surface area contributed by atoms with Crippen molar-refractivity contribution in [2.24, 2.45) is 0 Å². The number of piperazine rings is 1. The number of rotatable bonds is 5. The van der Waals surface area contributed by atoms with Crippen LogP contribution in [0.2, 0.25) is 10.0 Å². The van der Waals surface area contributed by atoms with Crippen molar-refractivity contribution in [3.63, 3.8) is 0 Å². The first kappa shape index (κ1) is 26.1. The molecular formula is C28H24Cl2F3N5O. The lowest BCUT2D eigenvalue weighted by atomic mass is 10.0. The van der Waals surface area contributed by atoms with E-state index < -0.39 is 11.7 Å². The number of hydrogen-bond acceptors (Lipinski definition) is 4. The fraction of sp³-hybridized carbons (Fsp3) is 0.321. The van der Waals surface area contributed by atoms with Crippen LogP contribution in [0.15, 0.2) is 60.9 Å². The minimum absolute atomic E-state index is 0.0166. The molecule has 6 rings (SSSR count). The molecule has 39 heavy (non-hydrogen) atoms. The van der Waals surface area contributed by atoms with Crippen molar-refractivity contribution in [3.05, 3.63) is 87.8 Å². The minimum atomic E-state index is -4.49. The van der Waals surface area contributed by atoms with Gasteiger partial charge in [-0.25, -0.2) is 9.97 Å². The molecule has 2 bridgehead atoms. The van der Waals surface area contributed by atoms with Gasteiger partial charge >= 0.3 is 6.18 Å². The number of likely N-dealkylation sites (tertiary alicyclic amines) is 1. The van der Waals surface area contributed by atoms with Gasteiger partial charge in [0.25, 0.3) is 0 Å². The lowest BCUT2D eigenvalue weighted by Gasteiger charge is -2.41. The summed E-state index contributed by atoms with van der Waals surface area (Å²) in [6.45, 7) is 1.93. The molecule has 2 unspecified atom stereocenters. The monoisotopic (exact) mass is 573 g/mol. The van der Waals surface area contributed by atoms with Crippen LogP contribution in [0.3, 0.4) is 0 Å². The number of aromatic nitrogens is 3. The van der Waals surface area contributed by atoms with Gasteiger partial charge in [-0.3, -0.25) is 14.1 Å². The van der Waals surface area contributed by atoms with E-state index in [0.29, 0.717) is 30.4 Å². The van der Waals surface area contributed by atoms with Crippen LogP contribution < -0.4 is 0 Å². The van der Waals surface area contributed by atoms with Gasteiger partial charge in [0.1, 0.15) is 0 Å². The van der Waals surface area contributed by atoms with Crippen molar-refractivity contribution in [1.82, 2.24) is 24.2 Å². The number of imidazole rings is 1. The van der Waals surface area contributed by atoms with Crippen LogP contribution in [0.5, 0.6) is 0 Å². The molecule has 2 aliphatic rings. The highest BCUT2D eigenvalue weighted by molar-refractivity contribution is 6.31. The Balaban J connectivity index is 1.22. The number of nitrogens with zero attached hydrogens (tertiary/aromatic N) is 5. The second kappa shape index (κ2) is 10.1. The summed E-state index contributed by atoms with van der Waals surface area (Å²) in [5.74, 6) is 0.413. The van der Waals surface area contributed by atoms with Crippen molar-refractivity contribution >= 4 is 34.9 Å². The normalized spacial score (nSPS) is 19.7. The van der Waals surface area contributed by atoms with E-state index in [1.54, 1.807) is 6.20 Å². The molecule has 2 saturated heterocycles. The van der Waals surface area contributed by atoms with Gasteiger partial charge < -0.3 is 4.90 Å². The predicted octanol–water partition coefficient (Wildman–Crippen LogP) is 6.14. The van der Waals surface area contributed by atoms with Gasteiger partial charge in [0.2, 0.25) is 11.7 Å². The molecule has 2 aromatic heterocycles. The van der Waals surface area contributed by atoms with E-state index in [4.69, 9.17) is 28.2 Å². The molecule has 4 heterocycles. The molecule has 2 fully saturated rings. The van der Waals surface area contributed by atoms with Crippen LogP contribution in [0.25, 0.3) is 17.0 Å². The molecule has 0 saturated carbocycles. The SMILES string of the molecule is O=C(Cc1cc(C(F)(F)F)ccc1Cl)N1C2CCC1CN(Cc1c(-c3ccc(Cl)cc3)nc3ncccn13)C2. The number of amides is 1. The molecule has 0 N–H and O–H groups in total. The predicted molar refractivity (Wildman–Crippen MR) is 143 cm³/mol. The largest absolute Gasteiger partial charge is 0.416 e. The van der Waals surface area contributed by atoms with Gasteiger partial charge in [0.05, 0.1) is 23.4 Å². The third-order valence-electron chi connectivity index (χ3n) is 7.55. The highest BCUT2D eigenvalue weighted by atomic mass is 35.5. The van der Waals surface area contributed by atoms with Crippen LogP contribution in [-0.4, -0.2) is 55.2 Å². The summed E-state index contributed by atoms with van der Waals surface area (Å²) in [5, 5.41) is 0.809. The van der Waals surface area contributed by atoms with Crippen LogP contribution >= 0.6 is 23.2 Å². The number of halogens is 5. The average Bonchev–Trinajstić information content (AvgIpc) is 3.39. The summed E-state index contributed by atoms with van der Waals surface area (Å²) in [6, 6.07) is 12.5. The van der Waals surface area contributed by atoms with Crippen molar-refractivity contribution in [2.75, 3.05) is 13.1 Å². The molecule has 0 radical (unpaired) electrons. The third-order valence-corrected chi connectivity index (χ3v) is 8.17. The molecule has 0 spiro atoms. The van der Waals surface area contributed by atoms with Crippen molar-refractivity contribution in [3.8, 4) is 11.3 Å². The number of hydrogen-bond donors (Lipinski definition) is 0. The molecular weight excluding hydrogens is 550 g/mol. The van der Waals surface area contributed by atoms with Crippen LogP contribution in [0.4, 0.5) is 13.2 Å². The van der Waals surface area contributed by atoms with E-state index in [9.17, 15) is 18.0 Å². The quantitative estimate of drug-likeness (QED) is 0.288. The summed E-state index contributed by atoms with van der Waals surface area (Å²) in [4.78, 5) is 26.7. The van der Waals surface area contributed by atoms with Gasteiger partial charge in [0.15, 0.2) is 0 Å². The van der Waals surface area contributed by atoms with Gasteiger partial charge in [0, 0.05) is 59.7 Å². The molecule has 2 atom stereocenters. The standard InChI is InChI=1S/C28H24Cl2F3N5O/c29-20-5-2-17(3-6-20)26-24(37-11-1-10-34-27(37)35-26)16-36-14-21-7-8-22(15-36)38(21)25(39)13-18-12-19(28(31,32)33)4-9-23(18)30/h1-6,9-12,21-22H,7-8,13-16H2. The van der Waals surface area contributed by atoms with Crippen molar-refractivity contribution in [2.45, 2.75) is 44.1 Å². The zero-order valence-electron chi connectivity index (χ0n) is 20.7. The Morgan fingerprint density at radius 1 is 1.03 bits per heavy atom. The summed E-state index contributed by atoms with van der Waals surface area (Å²) < 4.78 is 41.6. The highest BCUT2D eigenvalue weighted by Gasteiger charge is 2.43. The Morgan fingerprint density at radius 3 is 2.44 bits per heavy atom. The van der Waals surface area contributed by atoms with E-state index in [1.165, 1.54) is 6.07 Å². The molecule has 2 aliphatic heterocycles. The second-order valence-electron chi connectivity index (χ2n) is 10.1. The van der Waals surface area contributed by atoms with E-state index >= 15 is 0 Å². The first-order valence-electron chi connectivity index (χ1n) is 12.6. The van der Waals surface area contributed by atoms with E-state index in [0.717, 1.165) is 41.9 Å². The van der Waals surface area contributed by atoms with Crippen LogP contribution in [-0.2, 0) is 23.9 Å². The zero-order chi connectivity index (χ0) is 27.3. The summed E-state index contributed by atoms with van der Waals surface area (Å²) in [5.41, 5.74) is 2.16. The Morgan fingerprint density at radius 2 is 1.74 bits per heavy atom. The molecule has 6 nitrogen and oxygen atoms in total. The lowest BCUT2D eigenvalue weighted by molar-refractivity contribution is -0.138. The highest BCUT2D eigenvalue weighted by Crippen LogP contribution is 2.35. The number of alkyl halides is 3. The first-order chi connectivity index (χ1) is 18.7. The fourth-order valence-corrected chi connectivity index (χ4v) is 6.11. The number of fused-ring (bicyclic) bond motifs is 3. The molecule has 0 aliphatic carbocycles. The van der Waals surface area contributed by atoms with Crippen molar-refractivity contribution < 1.29 is 18.0 Å². The van der Waals surface area contributed by atoms with Gasteiger partial charge in [-0.1, -0.05) is 35.3 Å². The lowest BCUT2D eigenvalue weighted by Crippen LogP contribution is -2.55. The Bertz CT molecular complexity index is 1520. The van der Waals surface area contributed by atoms with E-state index in [-0.39, 0.29) is 35.0 Å². The first-order valence-corrected chi connectivity index (χ1v) is 13.4. The maximum atomic E-state index is 13.3. The summed E-state index contributed by atoms with van der Waals surface area (Å²) >= 11 is 12.3. The Kier molecular flexibility index (Phi) is 6.77. The molecule has 2 aromatic carbocycles. The summed E-state index contributed by atoms with van der Waals surface area (Å²) in [7, 11) is 0. The Labute approximate surface area is 233 Å². The molecule has 11 heteroatoms. The Hall–Kier alpha value is -3.14. The average molecular weight is 574 g/mol. The van der Waals surface area contributed by atoms with Gasteiger partial charge in [-0.05, 0) is 54.8 Å². The molecule has 4 aromatic rings. The van der Waals surface area contributed by atoms with Crippen LogP contribution in [0, 0.1) is 0 Å². The fourth-order valence-electron chi connectivity index (χ4n) is 5.80.